The van der Waals surface area contributed by atoms with E-state index >= 15 is 0 Å². The van der Waals surface area contributed by atoms with Crippen LogP contribution in [0.1, 0.15) is 5.69 Å². The third-order valence-corrected chi connectivity index (χ3v) is 4.05. The van der Waals surface area contributed by atoms with Crippen molar-refractivity contribution in [2.45, 2.75) is 6.92 Å². The Hall–Kier alpha value is -2.70. The van der Waals surface area contributed by atoms with E-state index in [2.05, 4.69) is 41.0 Å². The van der Waals surface area contributed by atoms with Crippen molar-refractivity contribution >= 4 is 22.7 Å². The van der Waals surface area contributed by atoms with E-state index in [0.717, 1.165) is 54.5 Å². The SMILES string of the molecule is Cc1[nH]nc2c(N3CCN(c4ccccn4)CC3)ncnc12. The van der Waals surface area contributed by atoms with Gasteiger partial charge < -0.3 is 9.80 Å². The van der Waals surface area contributed by atoms with E-state index in [-0.39, 0.29) is 0 Å². The minimum atomic E-state index is 0.853. The minimum Gasteiger partial charge on any atom is -0.353 e. The zero-order chi connectivity index (χ0) is 14.9. The summed E-state index contributed by atoms with van der Waals surface area (Å²) in [4.78, 5) is 17.7. The summed E-state index contributed by atoms with van der Waals surface area (Å²) in [5, 5.41) is 7.34. The molecule has 1 N–H and O–H groups in total. The maximum atomic E-state index is 4.44. The van der Waals surface area contributed by atoms with Crippen molar-refractivity contribution in [3.63, 3.8) is 0 Å². The Morgan fingerprint density at radius 1 is 0.955 bits per heavy atom. The van der Waals surface area contributed by atoms with E-state index in [9.17, 15) is 0 Å². The number of nitrogens with one attached hydrogen (secondary N) is 1. The molecule has 7 heteroatoms. The zero-order valence-corrected chi connectivity index (χ0v) is 12.4. The van der Waals surface area contributed by atoms with Crippen LogP contribution in [0.3, 0.4) is 0 Å². The second-order valence-corrected chi connectivity index (χ2v) is 5.41. The Bertz CT molecular complexity index is 775. The molecule has 0 unspecified atom stereocenters. The van der Waals surface area contributed by atoms with Crippen molar-refractivity contribution in [1.82, 2.24) is 25.1 Å². The first-order valence-electron chi connectivity index (χ1n) is 7.39. The van der Waals surface area contributed by atoms with Gasteiger partial charge in [-0.15, -0.1) is 0 Å². The lowest BCUT2D eigenvalue weighted by atomic mass is 10.2. The summed E-state index contributed by atoms with van der Waals surface area (Å²) in [6.45, 7) is 5.62. The molecule has 0 atom stereocenters. The first-order chi connectivity index (χ1) is 10.8. The molecule has 3 aromatic rings. The van der Waals surface area contributed by atoms with Gasteiger partial charge in [0.25, 0.3) is 0 Å². The third kappa shape index (κ3) is 2.14. The molecular weight excluding hydrogens is 278 g/mol. The van der Waals surface area contributed by atoms with Gasteiger partial charge in [-0.1, -0.05) is 6.07 Å². The number of rotatable bonds is 2. The predicted octanol–water partition coefficient (Wildman–Crippen LogP) is 1.38. The topological polar surface area (TPSA) is 73.8 Å². The number of anilines is 2. The maximum Gasteiger partial charge on any atom is 0.160 e. The Labute approximate surface area is 128 Å². The van der Waals surface area contributed by atoms with Gasteiger partial charge in [-0.05, 0) is 19.1 Å². The van der Waals surface area contributed by atoms with Gasteiger partial charge in [0.2, 0.25) is 0 Å². The highest BCUT2D eigenvalue weighted by Gasteiger charge is 2.22. The van der Waals surface area contributed by atoms with Gasteiger partial charge in [0.1, 0.15) is 17.7 Å². The summed E-state index contributed by atoms with van der Waals surface area (Å²) < 4.78 is 0. The normalized spacial score (nSPS) is 15.5. The summed E-state index contributed by atoms with van der Waals surface area (Å²) in [7, 11) is 0. The van der Waals surface area contributed by atoms with Gasteiger partial charge in [0.05, 0.1) is 5.69 Å². The molecule has 1 aliphatic rings. The second-order valence-electron chi connectivity index (χ2n) is 5.41. The van der Waals surface area contributed by atoms with E-state index in [1.165, 1.54) is 0 Å². The summed E-state index contributed by atoms with van der Waals surface area (Å²) in [6.07, 6.45) is 3.45. The Balaban J connectivity index is 1.56. The van der Waals surface area contributed by atoms with Crippen LogP contribution >= 0.6 is 0 Å². The number of hydrogen-bond donors (Lipinski definition) is 1. The van der Waals surface area contributed by atoms with E-state index < -0.39 is 0 Å². The first kappa shape index (κ1) is 13.0. The number of aromatic amines is 1. The number of nitrogens with zero attached hydrogens (tertiary/aromatic N) is 6. The number of aromatic nitrogens is 5. The molecule has 1 aliphatic heterocycles. The van der Waals surface area contributed by atoms with Crippen molar-refractivity contribution in [3.8, 4) is 0 Å². The molecule has 0 amide bonds. The van der Waals surface area contributed by atoms with Crippen LogP contribution in [0, 0.1) is 6.92 Å². The van der Waals surface area contributed by atoms with Crippen molar-refractivity contribution in [2.75, 3.05) is 36.0 Å². The first-order valence-corrected chi connectivity index (χ1v) is 7.39. The molecule has 0 aliphatic carbocycles. The molecule has 1 saturated heterocycles. The van der Waals surface area contributed by atoms with Crippen molar-refractivity contribution in [1.29, 1.82) is 0 Å². The van der Waals surface area contributed by atoms with Gasteiger partial charge in [0, 0.05) is 32.4 Å². The largest absolute Gasteiger partial charge is 0.353 e. The van der Waals surface area contributed by atoms with Crippen LogP contribution in [-0.4, -0.2) is 51.3 Å². The molecule has 0 radical (unpaired) electrons. The van der Waals surface area contributed by atoms with Crippen LogP contribution in [0.2, 0.25) is 0 Å². The molecule has 0 saturated carbocycles. The molecule has 22 heavy (non-hydrogen) atoms. The van der Waals surface area contributed by atoms with E-state index in [1.54, 1.807) is 6.33 Å². The summed E-state index contributed by atoms with van der Waals surface area (Å²) in [5.41, 5.74) is 2.73. The average molecular weight is 295 g/mol. The third-order valence-electron chi connectivity index (χ3n) is 4.05. The van der Waals surface area contributed by atoms with Crippen LogP contribution in [0.5, 0.6) is 0 Å². The van der Waals surface area contributed by atoms with Crippen LogP contribution < -0.4 is 9.80 Å². The monoisotopic (exact) mass is 295 g/mol. The molecule has 112 valence electrons. The molecule has 4 heterocycles. The van der Waals surface area contributed by atoms with Gasteiger partial charge in [0.15, 0.2) is 11.3 Å². The van der Waals surface area contributed by atoms with Gasteiger partial charge in [-0.3, -0.25) is 5.10 Å². The summed E-state index contributed by atoms with van der Waals surface area (Å²) >= 11 is 0. The Morgan fingerprint density at radius 3 is 2.55 bits per heavy atom. The number of aryl methyl sites for hydroxylation is 1. The molecule has 1 fully saturated rings. The summed E-state index contributed by atoms with van der Waals surface area (Å²) in [5.74, 6) is 1.95. The lowest BCUT2D eigenvalue weighted by molar-refractivity contribution is 0.642. The average Bonchev–Trinajstić information content (AvgIpc) is 2.97. The van der Waals surface area contributed by atoms with Gasteiger partial charge in [-0.2, -0.15) is 5.10 Å². The molecule has 3 aromatic heterocycles. The van der Waals surface area contributed by atoms with Crippen LogP contribution in [0.4, 0.5) is 11.6 Å². The zero-order valence-electron chi connectivity index (χ0n) is 12.4. The Kier molecular flexibility index (Phi) is 3.10. The lowest BCUT2D eigenvalue weighted by Gasteiger charge is -2.35. The number of hydrogen-bond acceptors (Lipinski definition) is 6. The van der Waals surface area contributed by atoms with Gasteiger partial charge >= 0.3 is 0 Å². The van der Waals surface area contributed by atoms with Crippen LogP contribution in [-0.2, 0) is 0 Å². The Morgan fingerprint density at radius 2 is 1.77 bits per heavy atom. The summed E-state index contributed by atoms with van der Waals surface area (Å²) in [6, 6.07) is 6.02. The fourth-order valence-electron chi connectivity index (χ4n) is 2.86. The number of pyridine rings is 1. The van der Waals surface area contributed by atoms with E-state index in [1.807, 2.05) is 25.3 Å². The second kappa shape index (κ2) is 5.25. The predicted molar refractivity (Wildman–Crippen MR) is 85.1 cm³/mol. The molecule has 4 rings (SSSR count). The highest BCUT2D eigenvalue weighted by molar-refractivity contribution is 5.87. The fourth-order valence-corrected chi connectivity index (χ4v) is 2.86. The highest BCUT2D eigenvalue weighted by Crippen LogP contribution is 2.24. The smallest absolute Gasteiger partial charge is 0.160 e. The number of fused-ring (bicyclic) bond motifs is 1. The molecule has 7 nitrogen and oxygen atoms in total. The van der Waals surface area contributed by atoms with Gasteiger partial charge in [-0.25, -0.2) is 15.0 Å². The van der Waals surface area contributed by atoms with Crippen molar-refractivity contribution in [3.05, 3.63) is 36.4 Å². The molecule has 0 spiro atoms. The molecule has 0 bridgehead atoms. The number of piperazine rings is 1. The van der Waals surface area contributed by atoms with Crippen molar-refractivity contribution < 1.29 is 0 Å². The minimum absolute atomic E-state index is 0.853. The van der Waals surface area contributed by atoms with E-state index in [4.69, 9.17) is 0 Å². The quantitative estimate of drug-likeness (QED) is 0.770. The van der Waals surface area contributed by atoms with Crippen LogP contribution in [0.15, 0.2) is 30.7 Å². The van der Waals surface area contributed by atoms with Crippen molar-refractivity contribution in [2.24, 2.45) is 0 Å². The highest BCUT2D eigenvalue weighted by atomic mass is 15.3. The van der Waals surface area contributed by atoms with Crippen LogP contribution in [0.25, 0.3) is 11.0 Å². The molecular formula is C15H17N7. The standard InChI is InChI=1S/C15H17N7/c1-11-13-14(20-19-11)15(18-10-17-13)22-8-6-21(7-9-22)12-4-2-3-5-16-12/h2-5,10H,6-9H2,1H3,(H,19,20). The number of H-pyrrole nitrogens is 1. The fraction of sp³-hybridized carbons (Fsp3) is 0.333. The lowest BCUT2D eigenvalue weighted by Crippen LogP contribution is -2.47. The maximum absolute atomic E-state index is 4.44. The van der Waals surface area contributed by atoms with E-state index in [0.29, 0.717) is 0 Å². The molecule has 0 aromatic carbocycles.